The summed E-state index contributed by atoms with van der Waals surface area (Å²) in [5, 5.41) is 0.393. The second kappa shape index (κ2) is 4.97. The molecule has 1 N–H and O–H groups in total. The Hall–Kier alpha value is -1.64. The summed E-state index contributed by atoms with van der Waals surface area (Å²) in [6, 6.07) is 7.28. The lowest BCUT2D eigenvalue weighted by Gasteiger charge is -2.08. The van der Waals surface area contributed by atoms with E-state index >= 15 is 0 Å². The zero-order chi connectivity index (χ0) is 15.2. The molecule has 0 aliphatic carbocycles. The second-order valence-corrected chi connectivity index (χ2v) is 5.51. The predicted octanol–water partition coefficient (Wildman–Crippen LogP) is 4.99. The number of halogens is 5. The van der Waals surface area contributed by atoms with E-state index in [4.69, 9.17) is 0 Å². The van der Waals surface area contributed by atoms with Crippen molar-refractivity contribution in [1.82, 2.24) is 9.97 Å². The van der Waals surface area contributed by atoms with Crippen LogP contribution in [0, 0.1) is 9.39 Å². The van der Waals surface area contributed by atoms with Gasteiger partial charge in [-0.3, -0.25) is 0 Å². The molecule has 0 unspecified atom stereocenters. The Balaban J connectivity index is 2.16. The molecule has 3 rings (SSSR count). The third-order valence-corrected chi connectivity index (χ3v) is 4.22. The number of aromatic amines is 1. The average Bonchev–Trinajstić information content (AvgIpc) is 2.83. The van der Waals surface area contributed by atoms with Gasteiger partial charge in [0, 0.05) is 20.8 Å². The van der Waals surface area contributed by atoms with E-state index in [2.05, 4.69) is 9.97 Å². The third-order valence-electron chi connectivity index (χ3n) is 3.05. The first-order valence-corrected chi connectivity index (χ1v) is 6.94. The Bertz CT molecular complexity index is 806. The number of fused-ring (bicyclic) bond motifs is 1. The lowest BCUT2D eigenvalue weighted by molar-refractivity contribution is -0.138. The van der Waals surface area contributed by atoms with E-state index in [-0.39, 0.29) is 9.39 Å². The summed E-state index contributed by atoms with van der Waals surface area (Å²) in [6.07, 6.45) is -3.62. The van der Waals surface area contributed by atoms with Crippen LogP contribution in [0.2, 0.25) is 0 Å². The smallest absolute Gasteiger partial charge is 0.339 e. The number of benzene rings is 1. The third kappa shape index (κ3) is 2.61. The lowest BCUT2D eigenvalue weighted by atomic mass is 10.1. The fourth-order valence-electron chi connectivity index (χ4n) is 2.03. The van der Waals surface area contributed by atoms with Crippen molar-refractivity contribution < 1.29 is 17.6 Å². The van der Waals surface area contributed by atoms with E-state index in [9.17, 15) is 17.6 Å². The summed E-state index contributed by atoms with van der Waals surface area (Å²) in [7, 11) is 0. The van der Waals surface area contributed by atoms with Crippen molar-refractivity contribution in [2.75, 3.05) is 0 Å². The fourth-order valence-corrected chi connectivity index (χ4v) is 2.88. The molecule has 0 aliphatic rings. The molecule has 0 atom stereocenters. The Morgan fingerprint density at radius 2 is 1.76 bits per heavy atom. The first kappa shape index (κ1) is 14.3. The molecule has 0 saturated carbocycles. The van der Waals surface area contributed by atoms with Crippen molar-refractivity contribution >= 4 is 33.6 Å². The SMILES string of the molecule is Fc1ccc(-c2cc3c(I)c(C(F)(F)F)cnc3[nH]2)cc1. The van der Waals surface area contributed by atoms with Gasteiger partial charge in [0.1, 0.15) is 11.5 Å². The molecule has 0 aliphatic heterocycles. The van der Waals surface area contributed by atoms with E-state index < -0.39 is 11.7 Å². The second-order valence-electron chi connectivity index (χ2n) is 4.44. The van der Waals surface area contributed by atoms with Gasteiger partial charge in [0.25, 0.3) is 0 Å². The lowest BCUT2D eigenvalue weighted by Crippen LogP contribution is -2.08. The molecule has 2 nitrogen and oxygen atoms in total. The van der Waals surface area contributed by atoms with Crippen molar-refractivity contribution in [3.63, 3.8) is 0 Å². The predicted molar refractivity (Wildman–Crippen MR) is 79.2 cm³/mol. The highest BCUT2D eigenvalue weighted by Gasteiger charge is 2.34. The largest absolute Gasteiger partial charge is 0.418 e. The maximum atomic E-state index is 12.9. The fraction of sp³-hybridized carbons (Fsp3) is 0.0714. The summed E-state index contributed by atoms with van der Waals surface area (Å²) in [5.41, 5.74) is 0.875. The van der Waals surface area contributed by atoms with Gasteiger partial charge < -0.3 is 4.98 Å². The summed E-state index contributed by atoms with van der Waals surface area (Å²) in [6.45, 7) is 0. The van der Waals surface area contributed by atoms with Crippen molar-refractivity contribution in [3.8, 4) is 11.3 Å². The van der Waals surface area contributed by atoms with Crippen LogP contribution in [0.25, 0.3) is 22.3 Å². The van der Waals surface area contributed by atoms with Crippen LogP contribution in [0.5, 0.6) is 0 Å². The Morgan fingerprint density at radius 3 is 2.38 bits per heavy atom. The summed E-state index contributed by atoms with van der Waals surface area (Å²) < 4.78 is 51.6. The van der Waals surface area contributed by atoms with Gasteiger partial charge in [-0.05, 0) is 58.5 Å². The highest BCUT2D eigenvalue weighted by atomic mass is 127. The number of hydrogen-bond donors (Lipinski definition) is 1. The Labute approximate surface area is 130 Å². The molecular weight excluding hydrogens is 399 g/mol. The van der Waals surface area contributed by atoms with Crippen molar-refractivity contribution in [2.45, 2.75) is 6.18 Å². The molecule has 21 heavy (non-hydrogen) atoms. The van der Waals surface area contributed by atoms with Gasteiger partial charge in [0.2, 0.25) is 0 Å². The molecule has 0 saturated heterocycles. The minimum atomic E-state index is -4.44. The first-order valence-electron chi connectivity index (χ1n) is 5.86. The van der Waals surface area contributed by atoms with Crippen LogP contribution in [0.3, 0.4) is 0 Å². The maximum absolute atomic E-state index is 12.9. The summed E-state index contributed by atoms with van der Waals surface area (Å²) in [4.78, 5) is 6.76. The molecule has 2 aromatic heterocycles. The standard InChI is InChI=1S/C14H7F4IN2/c15-8-3-1-7(2-4-8)11-5-9-12(19)10(14(16,17)18)6-20-13(9)21-11/h1-6H,(H,20,21). The normalized spacial score (nSPS) is 12.0. The topological polar surface area (TPSA) is 28.7 Å². The number of aromatic nitrogens is 2. The number of H-pyrrole nitrogens is 1. The molecule has 7 heteroatoms. The molecule has 0 amide bonds. The minimum absolute atomic E-state index is 0.0923. The molecule has 2 heterocycles. The highest BCUT2D eigenvalue weighted by molar-refractivity contribution is 14.1. The minimum Gasteiger partial charge on any atom is -0.339 e. The van der Waals surface area contributed by atoms with E-state index in [1.165, 1.54) is 12.1 Å². The van der Waals surface area contributed by atoms with Gasteiger partial charge in [0.15, 0.2) is 0 Å². The van der Waals surface area contributed by atoms with Crippen molar-refractivity contribution in [2.24, 2.45) is 0 Å². The summed E-state index contributed by atoms with van der Waals surface area (Å²) >= 11 is 1.66. The van der Waals surface area contributed by atoms with Gasteiger partial charge in [-0.25, -0.2) is 9.37 Å². The van der Waals surface area contributed by atoms with E-state index in [0.717, 1.165) is 6.20 Å². The van der Waals surface area contributed by atoms with Crippen molar-refractivity contribution in [3.05, 3.63) is 51.5 Å². The number of nitrogens with one attached hydrogen (secondary N) is 1. The first-order chi connectivity index (χ1) is 9.86. The number of alkyl halides is 3. The summed E-state index contributed by atoms with van der Waals surface area (Å²) in [5.74, 6) is -0.373. The van der Waals surface area contributed by atoms with Gasteiger partial charge >= 0.3 is 6.18 Å². The molecule has 0 bridgehead atoms. The molecular formula is C14H7F4IN2. The van der Waals surface area contributed by atoms with E-state index in [1.54, 1.807) is 40.8 Å². The van der Waals surface area contributed by atoms with Gasteiger partial charge in [-0.2, -0.15) is 13.2 Å². The number of rotatable bonds is 1. The number of pyridine rings is 1. The molecule has 1 aromatic carbocycles. The molecule has 0 spiro atoms. The van der Waals surface area contributed by atoms with Crippen LogP contribution in [0.1, 0.15) is 5.56 Å². The van der Waals surface area contributed by atoms with E-state index in [0.29, 0.717) is 22.3 Å². The van der Waals surface area contributed by atoms with Crippen molar-refractivity contribution in [1.29, 1.82) is 0 Å². The van der Waals surface area contributed by atoms with Crippen LogP contribution < -0.4 is 0 Å². The Morgan fingerprint density at radius 1 is 1.10 bits per heavy atom. The molecule has 0 radical (unpaired) electrons. The van der Waals surface area contributed by atoms with Gasteiger partial charge in [-0.15, -0.1) is 0 Å². The highest BCUT2D eigenvalue weighted by Crippen LogP contribution is 2.36. The molecule has 3 aromatic rings. The maximum Gasteiger partial charge on any atom is 0.418 e. The number of hydrogen-bond acceptors (Lipinski definition) is 1. The van der Waals surface area contributed by atoms with E-state index in [1.807, 2.05) is 0 Å². The van der Waals surface area contributed by atoms with Crippen LogP contribution in [0.4, 0.5) is 17.6 Å². The molecule has 108 valence electrons. The zero-order valence-electron chi connectivity index (χ0n) is 10.3. The van der Waals surface area contributed by atoms with Crippen LogP contribution in [0.15, 0.2) is 36.5 Å². The van der Waals surface area contributed by atoms with Gasteiger partial charge in [0.05, 0.1) is 5.56 Å². The Kier molecular flexibility index (Phi) is 3.39. The van der Waals surface area contributed by atoms with Crippen LogP contribution in [-0.4, -0.2) is 9.97 Å². The number of nitrogens with zero attached hydrogens (tertiary/aromatic N) is 1. The monoisotopic (exact) mass is 406 g/mol. The van der Waals surface area contributed by atoms with Gasteiger partial charge in [-0.1, -0.05) is 0 Å². The van der Waals surface area contributed by atoms with Crippen LogP contribution >= 0.6 is 22.6 Å². The van der Waals surface area contributed by atoms with Crippen LogP contribution in [-0.2, 0) is 6.18 Å². The zero-order valence-corrected chi connectivity index (χ0v) is 12.5. The molecule has 0 fully saturated rings. The average molecular weight is 406 g/mol. The quantitative estimate of drug-likeness (QED) is 0.448.